The number of carbonyl (C=O) groups is 1. The molecule has 0 amide bonds. The van der Waals surface area contributed by atoms with Gasteiger partial charge in [0.25, 0.3) is 10.8 Å². The van der Waals surface area contributed by atoms with Crippen LogP contribution in [-0.4, -0.2) is 16.6 Å². The fourth-order valence-corrected chi connectivity index (χ4v) is 4.45. The van der Waals surface area contributed by atoms with Gasteiger partial charge >= 0.3 is 0 Å². The van der Waals surface area contributed by atoms with Gasteiger partial charge in [-0.3, -0.25) is 14.2 Å². The number of hydrogen-bond donors (Lipinski definition) is 0. The van der Waals surface area contributed by atoms with Crippen molar-refractivity contribution in [3.63, 3.8) is 0 Å². The third-order valence-corrected chi connectivity index (χ3v) is 5.93. The van der Waals surface area contributed by atoms with Gasteiger partial charge in [-0.25, -0.2) is 0 Å². The van der Waals surface area contributed by atoms with Gasteiger partial charge in [0.2, 0.25) is 6.79 Å². The highest BCUT2D eigenvalue weighted by Crippen LogP contribution is 2.35. The summed E-state index contributed by atoms with van der Waals surface area (Å²) in [6.45, 7) is 0.322. The van der Waals surface area contributed by atoms with Crippen LogP contribution < -0.4 is 15.0 Å². The monoisotopic (exact) mass is 495 g/mol. The van der Waals surface area contributed by atoms with Crippen molar-refractivity contribution >= 4 is 43.5 Å². The van der Waals surface area contributed by atoms with Crippen LogP contribution >= 0.6 is 27.5 Å². The number of aromatic nitrogens is 1. The standard InChI is InChI=1S/C24H15BrClNO4/c25-16-7-8-17-18(11-16)21(15-4-2-1-3-5-15)22(23(26)28)27(24(17)29)12-14-6-9-19-20(10-14)31-13-30-19/h1-11H,12-13H2. The highest BCUT2D eigenvalue weighted by Gasteiger charge is 2.23. The summed E-state index contributed by atoms with van der Waals surface area (Å²) in [5.74, 6) is 1.26. The van der Waals surface area contributed by atoms with Crippen molar-refractivity contribution in [1.82, 2.24) is 4.57 Å². The van der Waals surface area contributed by atoms with E-state index in [-0.39, 0.29) is 24.6 Å². The second-order valence-electron chi connectivity index (χ2n) is 7.13. The molecule has 0 unspecified atom stereocenters. The zero-order chi connectivity index (χ0) is 21.5. The van der Waals surface area contributed by atoms with E-state index in [0.29, 0.717) is 27.8 Å². The Morgan fingerprint density at radius 3 is 2.52 bits per heavy atom. The van der Waals surface area contributed by atoms with E-state index in [1.807, 2.05) is 54.6 Å². The van der Waals surface area contributed by atoms with Crippen LogP contribution in [0.2, 0.25) is 0 Å². The van der Waals surface area contributed by atoms with Crippen LogP contribution in [0.3, 0.4) is 0 Å². The Kier molecular flexibility index (Phi) is 5.04. The molecule has 1 aromatic heterocycles. The van der Waals surface area contributed by atoms with Crippen molar-refractivity contribution in [2.45, 2.75) is 6.54 Å². The minimum Gasteiger partial charge on any atom is -0.454 e. The molecular weight excluding hydrogens is 482 g/mol. The third kappa shape index (κ3) is 3.52. The van der Waals surface area contributed by atoms with Gasteiger partial charge < -0.3 is 9.47 Å². The Morgan fingerprint density at radius 1 is 0.968 bits per heavy atom. The second-order valence-corrected chi connectivity index (χ2v) is 8.39. The Hall–Kier alpha value is -3.09. The van der Waals surface area contributed by atoms with Gasteiger partial charge in [-0.05, 0) is 58.4 Å². The molecule has 0 aliphatic carbocycles. The first-order chi connectivity index (χ1) is 15.0. The molecule has 0 atom stereocenters. The average Bonchev–Trinajstić information content (AvgIpc) is 3.23. The van der Waals surface area contributed by atoms with Crippen LogP contribution in [0.25, 0.3) is 21.9 Å². The van der Waals surface area contributed by atoms with Crippen molar-refractivity contribution in [1.29, 1.82) is 0 Å². The highest BCUT2D eigenvalue weighted by atomic mass is 79.9. The quantitative estimate of drug-likeness (QED) is 0.346. The summed E-state index contributed by atoms with van der Waals surface area (Å²) in [4.78, 5) is 26.1. The van der Waals surface area contributed by atoms with E-state index in [9.17, 15) is 9.59 Å². The van der Waals surface area contributed by atoms with E-state index >= 15 is 0 Å². The van der Waals surface area contributed by atoms with Crippen molar-refractivity contribution in [2.75, 3.05) is 6.79 Å². The molecule has 5 nitrogen and oxygen atoms in total. The van der Waals surface area contributed by atoms with Crippen LogP contribution in [0, 0.1) is 0 Å². The molecule has 2 heterocycles. The summed E-state index contributed by atoms with van der Waals surface area (Å²) in [7, 11) is 0. The molecular formula is C24H15BrClNO4. The van der Waals surface area contributed by atoms with E-state index in [4.69, 9.17) is 21.1 Å². The maximum atomic E-state index is 13.5. The maximum Gasteiger partial charge on any atom is 0.269 e. The number of benzene rings is 3. The fourth-order valence-electron chi connectivity index (χ4n) is 3.89. The van der Waals surface area contributed by atoms with Crippen LogP contribution in [0.5, 0.6) is 11.5 Å². The predicted octanol–water partition coefficient (Wildman–Crippen LogP) is 5.59. The number of hydrogen-bond acceptors (Lipinski definition) is 4. The molecule has 0 N–H and O–H groups in total. The summed E-state index contributed by atoms with van der Waals surface area (Å²) in [6.07, 6.45) is 0. The minimum atomic E-state index is -0.696. The van der Waals surface area contributed by atoms with Gasteiger partial charge in [-0.1, -0.05) is 52.3 Å². The molecule has 0 saturated carbocycles. The molecule has 31 heavy (non-hydrogen) atoms. The van der Waals surface area contributed by atoms with Crippen LogP contribution in [-0.2, 0) is 6.54 Å². The van der Waals surface area contributed by atoms with E-state index < -0.39 is 5.24 Å². The smallest absolute Gasteiger partial charge is 0.269 e. The molecule has 0 radical (unpaired) electrons. The van der Waals surface area contributed by atoms with E-state index in [1.54, 1.807) is 12.1 Å². The third-order valence-electron chi connectivity index (χ3n) is 5.26. The molecule has 1 aliphatic heterocycles. The first-order valence-corrected chi connectivity index (χ1v) is 10.7. The molecule has 0 bridgehead atoms. The van der Waals surface area contributed by atoms with Gasteiger partial charge in [0.05, 0.1) is 6.54 Å². The van der Waals surface area contributed by atoms with E-state index in [2.05, 4.69) is 15.9 Å². The molecule has 1 aliphatic rings. The molecule has 0 fully saturated rings. The van der Waals surface area contributed by atoms with Crippen molar-refractivity contribution in [3.8, 4) is 22.6 Å². The fraction of sp³-hybridized carbons (Fsp3) is 0.0833. The zero-order valence-corrected chi connectivity index (χ0v) is 18.4. The molecule has 7 heteroatoms. The lowest BCUT2D eigenvalue weighted by atomic mass is 9.97. The van der Waals surface area contributed by atoms with Crippen LogP contribution in [0.1, 0.15) is 16.1 Å². The Labute approximate surface area is 190 Å². The summed E-state index contributed by atoms with van der Waals surface area (Å²) in [5.41, 5.74) is 2.08. The topological polar surface area (TPSA) is 57.5 Å². The number of fused-ring (bicyclic) bond motifs is 2. The van der Waals surface area contributed by atoms with Crippen LogP contribution in [0.4, 0.5) is 0 Å². The lowest BCUT2D eigenvalue weighted by molar-refractivity contribution is 0.107. The lowest BCUT2D eigenvalue weighted by Crippen LogP contribution is -2.27. The number of halogens is 2. The van der Waals surface area contributed by atoms with Gasteiger partial charge in [-0.2, -0.15) is 0 Å². The normalized spacial score (nSPS) is 12.3. The first kappa shape index (κ1) is 19.8. The summed E-state index contributed by atoms with van der Waals surface area (Å²) in [6, 6.07) is 20.3. The largest absolute Gasteiger partial charge is 0.454 e. The van der Waals surface area contributed by atoms with Gasteiger partial charge in [0.15, 0.2) is 11.5 Å². The zero-order valence-electron chi connectivity index (χ0n) is 16.1. The summed E-state index contributed by atoms with van der Waals surface area (Å²) >= 11 is 9.55. The van der Waals surface area contributed by atoms with Crippen molar-refractivity contribution < 1.29 is 14.3 Å². The molecule has 0 saturated heterocycles. The SMILES string of the molecule is O=C(Cl)c1c(-c2ccccc2)c2cc(Br)ccc2c(=O)n1Cc1ccc2c(c1)OCO2. The first-order valence-electron chi connectivity index (χ1n) is 9.53. The Bertz CT molecular complexity index is 1400. The lowest BCUT2D eigenvalue weighted by Gasteiger charge is -2.18. The van der Waals surface area contributed by atoms with Crippen molar-refractivity contribution in [3.05, 3.63) is 92.8 Å². The van der Waals surface area contributed by atoms with Crippen LogP contribution in [0.15, 0.2) is 76.0 Å². The number of ether oxygens (including phenoxy) is 2. The van der Waals surface area contributed by atoms with Gasteiger partial charge in [0, 0.05) is 15.4 Å². The Balaban J connectivity index is 1.81. The number of nitrogens with zero attached hydrogens (tertiary/aromatic N) is 1. The maximum absolute atomic E-state index is 13.5. The summed E-state index contributed by atoms with van der Waals surface area (Å²) < 4.78 is 13.1. The molecule has 5 rings (SSSR count). The molecule has 4 aromatic rings. The average molecular weight is 497 g/mol. The van der Waals surface area contributed by atoms with Crippen molar-refractivity contribution in [2.24, 2.45) is 0 Å². The van der Waals surface area contributed by atoms with E-state index in [1.165, 1.54) is 4.57 Å². The second kappa shape index (κ2) is 7.87. The molecule has 154 valence electrons. The molecule has 0 spiro atoms. The van der Waals surface area contributed by atoms with E-state index in [0.717, 1.165) is 15.6 Å². The number of rotatable bonds is 4. The highest BCUT2D eigenvalue weighted by molar-refractivity contribution is 9.10. The number of pyridine rings is 1. The number of carbonyl (C=O) groups excluding carboxylic acids is 1. The Morgan fingerprint density at radius 2 is 1.74 bits per heavy atom. The molecule has 3 aromatic carbocycles. The summed E-state index contributed by atoms with van der Waals surface area (Å²) in [5, 5.41) is 0.472. The van der Waals surface area contributed by atoms with Gasteiger partial charge in [0.1, 0.15) is 5.69 Å². The minimum absolute atomic E-state index is 0.154. The van der Waals surface area contributed by atoms with Gasteiger partial charge in [-0.15, -0.1) is 0 Å². The predicted molar refractivity (Wildman–Crippen MR) is 123 cm³/mol.